The first kappa shape index (κ1) is 12.7. The number of hydrogen-bond donors (Lipinski definition) is 0. The lowest BCUT2D eigenvalue weighted by Crippen LogP contribution is -2.09. The van der Waals surface area contributed by atoms with Gasteiger partial charge in [-0.05, 0) is 18.6 Å². The Bertz CT molecular complexity index is 583. The van der Waals surface area contributed by atoms with Gasteiger partial charge in [0.05, 0.1) is 18.0 Å². The van der Waals surface area contributed by atoms with Crippen molar-refractivity contribution in [2.75, 3.05) is 7.11 Å². The Hall–Kier alpha value is -1.77. The van der Waals surface area contributed by atoms with Crippen LogP contribution in [0.3, 0.4) is 0 Å². The van der Waals surface area contributed by atoms with Crippen LogP contribution >= 0.6 is 0 Å². The van der Waals surface area contributed by atoms with Crippen molar-refractivity contribution < 1.29 is 9.53 Å². The molecule has 0 radical (unpaired) electrons. The fraction of sp³-hybridized carbons (Fsp3) is 0.400. The number of methoxy groups -OCH3 is 1. The lowest BCUT2D eigenvalue weighted by atomic mass is 9.96. The van der Waals surface area contributed by atoms with E-state index in [-0.39, 0.29) is 11.7 Å². The van der Waals surface area contributed by atoms with Gasteiger partial charge in [-0.2, -0.15) is 0 Å². The molecule has 0 bridgehead atoms. The first-order valence-corrected chi connectivity index (χ1v) is 6.26. The number of ketones is 1. The van der Waals surface area contributed by atoms with E-state index in [1.807, 2.05) is 49.9 Å². The number of Topliss-reactive ketones (excluding diaryl/α,β-unsaturated/α-hetero) is 1. The molecule has 0 amide bonds. The molecule has 1 heterocycles. The number of ether oxygens (including phenoxy) is 1. The molecule has 0 saturated carbocycles. The maximum absolute atomic E-state index is 12.4. The Kier molecular flexibility index (Phi) is 3.41. The molecule has 0 fully saturated rings. The summed E-state index contributed by atoms with van der Waals surface area (Å²) in [5, 5.41) is 0.924. The van der Waals surface area contributed by atoms with Crippen LogP contribution in [-0.2, 0) is 7.05 Å². The van der Waals surface area contributed by atoms with E-state index in [9.17, 15) is 4.79 Å². The minimum atomic E-state index is 0.0421. The van der Waals surface area contributed by atoms with Crippen LogP contribution in [0.2, 0.25) is 0 Å². The van der Waals surface area contributed by atoms with Gasteiger partial charge in [-0.3, -0.25) is 4.79 Å². The van der Waals surface area contributed by atoms with Crippen molar-refractivity contribution in [3.8, 4) is 5.75 Å². The van der Waals surface area contributed by atoms with Crippen LogP contribution in [-0.4, -0.2) is 17.5 Å². The van der Waals surface area contributed by atoms with E-state index >= 15 is 0 Å². The van der Waals surface area contributed by atoms with Crippen molar-refractivity contribution in [3.63, 3.8) is 0 Å². The largest absolute Gasteiger partial charge is 0.496 e. The minimum absolute atomic E-state index is 0.0421. The summed E-state index contributed by atoms with van der Waals surface area (Å²) >= 11 is 0. The molecule has 18 heavy (non-hydrogen) atoms. The third-order valence-corrected chi connectivity index (χ3v) is 3.52. The van der Waals surface area contributed by atoms with E-state index in [1.54, 1.807) is 7.11 Å². The van der Waals surface area contributed by atoms with E-state index in [2.05, 4.69) is 0 Å². The number of nitrogens with zero attached hydrogens (tertiary/aromatic N) is 1. The molecule has 1 atom stereocenters. The number of aromatic nitrogens is 1. The zero-order valence-electron chi connectivity index (χ0n) is 11.4. The van der Waals surface area contributed by atoms with E-state index in [0.717, 1.165) is 28.6 Å². The summed E-state index contributed by atoms with van der Waals surface area (Å²) in [6.07, 6.45) is 2.76. The quantitative estimate of drug-likeness (QED) is 0.773. The van der Waals surface area contributed by atoms with Crippen LogP contribution in [0.4, 0.5) is 0 Å². The van der Waals surface area contributed by atoms with Gasteiger partial charge in [0.25, 0.3) is 0 Å². The zero-order valence-corrected chi connectivity index (χ0v) is 11.4. The first-order chi connectivity index (χ1) is 8.60. The third kappa shape index (κ3) is 1.90. The molecule has 0 saturated heterocycles. The molecule has 1 aromatic heterocycles. The minimum Gasteiger partial charge on any atom is -0.496 e. The zero-order chi connectivity index (χ0) is 13.3. The van der Waals surface area contributed by atoms with Crippen molar-refractivity contribution in [2.45, 2.75) is 20.3 Å². The monoisotopic (exact) mass is 245 g/mol. The number of carbonyl (C=O) groups excluding carboxylic acids is 1. The van der Waals surface area contributed by atoms with Crippen LogP contribution < -0.4 is 4.74 Å². The van der Waals surface area contributed by atoms with Crippen molar-refractivity contribution in [1.29, 1.82) is 0 Å². The van der Waals surface area contributed by atoms with E-state index < -0.39 is 0 Å². The second kappa shape index (κ2) is 4.84. The van der Waals surface area contributed by atoms with Gasteiger partial charge in [0, 0.05) is 24.7 Å². The summed E-state index contributed by atoms with van der Waals surface area (Å²) in [7, 11) is 3.59. The van der Waals surface area contributed by atoms with Crippen molar-refractivity contribution in [3.05, 3.63) is 30.0 Å². The molecule has 1 unspecified atom stereocenters. The summed E-state index contributed by atoms with van der Waals surface area (Å²) in [5.41, 5.74) is 1.79. The van der Waals surface area contributed by atoms with Gasteiger partial charge in [-0.15, -0.1) is 0 Å². The maximum atomic E-state index is 12.4. The Morgan fingerprint density at radius 3 is 2.78 bits per heavy atom. The predicted molar refractivity (Wildman–Crippen MR) is 73.3 cm³/mol. The first-order valence-electron chi connectivity index (χ1n) is 6.26. The number of fused-ring (bicyclic) bond motifs is 1. The van der Waals surface area contributed by atoms with E-state index in [4.69, 9.17) is 4.74 Å². The Morgan fingerprint density at radius 2 is 2.17 bits per heavy atom. The Labute approximate surface area is 107 Å². The van der Waals surface area contributed by atoms with Gasteiger partial charge in [0.1, 0.15) is 5.75 Å². The van der Waals surface area contributed by atoms with Crippen molar-refractivity contribution in [1.82, 2.24) is 4.57 Å². The molecule has 0 aliphatic heterocycles. The number of carbonyl (C=O) groups is 1. The highest BCUT2D eigenvalue weighted by atomic mass is 16.5. The molecule has 96 valence electrons. The van der Waals surface area contributed by atoms with E-state index in [0.29, 0.717) is 0 Å². The van der Waals surface area contributed by atoms with Crippen LogP contribution in [0.5, 0.6) is 5.75 Å². The highest BCUT2D eigenvalue weighted by Gasteiger charge is 2.20. The van der Waals surface area contributed by atoms with Crippen LogP contribution in [0.25, 0.3) is 10.9 Å². The summed E-state index contributed by atoms with van der Waals surface area (Å²) in [6, 6.07) is 5.85. The lowest BCUT2D eigenvalue weighted by molar-refractivity contribution is 0.0928. The van der Waals surface area contributed by atoms with Gasteiger partial charge in [-0.1, -0.05) is 19.9 Å². The molecular formula is C15H19NO2. The van der Waals surface area contributed by atoms with Crippen molar-refractivity contribution in [2.24, 2.45) is 13.0 Å². The Morgan fingerprint density at radius 1 is 1.44 bits per heavy atom. The van der Waals surface area contributed by atoms with Gasteiger partial charge in [0.2, 0.25) is 0 Å². The van der Waals surface area contributed by atoms with Crippen LogP contribution in [0.1, 0.15) is 30.6 Å². The normalized spacial score (nSPS) is 12.7. The van der Waals surface area contributed by atoms with Gasteiger partial charge in [0.15, 0.2) is 5.78 Å². The molecule has 0 N–H and O–H groups in total. The second-order valence-corrected chi connectivity index (χ2v) is 4.68. The molecule has 3 nitrogen and oxygen atoms in total. The summed E-state index contributed by atoms with van der Waals surface area (Å²) in [6.45, 7) is 4.00. The fourth-order valence-electron chi connectivity index (χ4n) is 2.22. The average molecular weight is 245 g/mol. The summed E-state index contributed by atoms with van der Waals surface area (Å²) in [5.74, 6) is 0.993. The van der Waals surface area contributed by atoms with Crippen LogP contribution in [0, 0.1) is 5.92 Å². The lowest BCUT2D eigenvalue weighted by Gasteiger charge is -2.08. The van der Waals surface area contributed by atoms with Gasteiger partial charge < -0.3 is 9.30 Å². The molecule has 0 spiro atoms. The number of aryl methyl sites for hydroxylation is 1. The molecule has 2 rings (SSSR count). The maximum Gasteiger partial charge on any atom is 0.167 e. The van der Waals surface area contributed by atoms with E-state index in [1.165, 1.54) is 0 Å². The summed E-state index contributed by atoms with van der Waals surface area (Å²) in [4.78, 5) is 12.4. The van der Waals surface area contributed by atoms with Crippen molar-refractivity contribution >= 4 is 16.7 Å². The SMILES string of the molecule is CCC(C)C(=O)c1cn(C)c2cccc(OC)c12. The topological polar surface area (TPSA) is 31.2 Å². The van der Waals surface area contributed by atoms with Crippen LogP contribution in [0.15, 0.2) is 24.4 Å². The Balaban J connectivity index is 2.68. The molecule has 0 aliphatic rings. The number of hydrogen-bond acceptors (Lipinski definition) is 2. The highest BCUT2D eigenvalue weighted by Crippen LogP contribution is 2.31. The molecule has 2 aromatic rings. The third-order valence-electron chi connectivity index (χ3n) is 3.52. The average Bonchev–Trinajstić information content (AvgIpc) is 2.74. The molecule has 3 heteroatoms. The molecule has 0 aliphatic carbocycles. The number of benzene rings is 1. The summed E-state index contributed by atoms with van der Waals surface area (Å²) < 4.78 is 7.36. The molecular weight excluding hydrogens is 226 g/mol. The fourth-order valence-corrected chi connectivity index (χ4v) is 2.22. The van der Waals surface area contributed by atoms with Gasteiger partial charge >= 0.3 is 0 Å². The second-order valence-electron chi connectivity index (χ2n) is 4.68. The predicted octanol–water partition coefficient (Wildman–Crippen LogP) is 3.42. The standard InChI is InChI=1S/C15H19NO2/c1-5-10(2)15(17)11-9-16(3)12-7-6-8-13(18-4)14(11)12/h6-10H,5H2,1-4H3. The number of rotatable bonds is 4. The highest BCUT2D eigenvalue weighted by molar-refractivity contribution is 6.11. The van der Waals surface area contributed by atoms with Gasteiger partial charge in [-0.25, -0.2) is 0 Å². The molecule has 1 aromatic carbocycles. The smallest absolute Gasteiger partial charge is 0.167 e.